The van der Waals surface area contributed by atoms with Crippen molar-refractivity contribution in [1.29, 1.82) is 0 Å². The smallest absolute Gasteiger partial charge is 0.244 e. The summed E-state index contributed by atoms with van der Waals surface area (Å²) in [5, 5.41) is 4.50. The first kappa shape index (κ1) is 27.0. The van der Waals surface area contributed by atoms with E-state index in [1.807, 2.05) is 48.5 Å². The SMILES string of the molecule is CN(Cc1cc(-c2ccc3ncnc(NCc4ccccc4)c3c2)ccc1F)S(=O)(=O)c1ccc(Cl)cc1Cl. The van der Waals surface area contributed by atoms with Crippen molar-refractivity contribution in [2.24, 2.45) is 0 Å². The van der Waals surface area contributed by atoms with Crippen molar-refractivity contribution in [3.05, 3.63) is 118 Å². The lowest BCUT2D eigenvalue weighted by molar-refractivity contribution is 0.456. The van der Waals surface area contributed by atoms with Crippen LogP contribution in [0.15, 0.2) is 96.2 Å². The van der Waals surface area contributed by atoms with E-state index in [0.29, 0.717) is 17.4 Å². The Hall–Kier alpha value is -3.56. The fourth-order valence-electron chi connectivity index (χ4n) is 4.21. The summed E-state index contributed by atoms with van der Waals surface area (Å²) < 4.78 is 42.2. The quantitative estimate of drug-likeness (QED) is 0.210. The fourth-order valence-corrected chi connectivity index (χ4v) is 6.10. The number of benzene rings is 4. The Labute approximate surface area is 236 Å². The second-order valence-corrected chi connectivity index (χ2v) is 11.8. The van der Waals surface area contributed by atoms with E-state index >= 15 is 0 Å². The molecule has 198 valence electrons. The molecule has 0 amide bonds. The minimum atomic E-state index is -3.99. The lowest BCUT2D eigenvalue weighted by Gasteiger charge is -2.19. The van der Waals surface area contributed by atoms with Crippen LogP contribution in [0.3, 0.4) is 0 Å². The van der Waals surface area contributed by atoms with Crippen LogP contribution in [-0.2, 0) is 23.1 Å². The molecule has 0 bridgehead atoms. The third-order valence-corrected chi connectivity index (χ3v) is 8.81. The molecule has 0 atom stereocenters. The summed E-state index contributed by atoms with van der Waals surface area (Å²) in [6, 6.07) is 24.5. The van der Waals surface area contributed by atoms with Gasteiger partial charge in [-0.3, -0.25) is 0 Å². The number of sulfonamides is 1. The van der Waals surface area contributed by atoms with Gasteiger partial charge in [-0.15, -0.1) is 0 Å². The molecule has 10 heteroatoms. The Kier molecular flexibility index (Phi) is 7.81. The van der Waals surface area contributed by atoms with Crippen LogP contribution in [-0.4, -0.2) is 29.7 Å². The minimum Gasteiger partial charge on any atom is -0.365 e. The predicted molar refractivity (Wildman–Crippen MR) is 154 cm³/mol. The Morgan fingerprint density at radius 2 is 1.64 bits per heavy atom. The predicted octanol–water partition coefficient (Wildman–Crippen LogP) is 7.18. The van der Waals surface area contributed by atoms with Crippen LogP contribution in [0.25, 0.3) is 22.0 Å². The number of aromatic nitrogens is 2. The summed E-state index contributed by atoms with van der Waals surface area (Å²) in [4.78, 5) is 8.69. The van der Waals surface area contributed by atoms with Gasteiger partial charge in [-0.05, 0) is 59.2 Å². The second kappa shape index (κ2) is 11.3. The third kappa shape index (κ3) is 5.89. The highest BCUT2D eigenvalue weighted by molar-refractivity contribution is 7.89. The zero-order chi connectivity index (χ0) is 27.6. The molecule has 1 N–H and O–H groups in total. The zero-order valence-corrected chi connectivity index (χ0v) is 23.1. The summed E-state index contributed by atoms with van der Waals surface area (Å²) in [5.41, 5.74) is 3.63. The summed E-state index contributed by atoms with van der Waals surface area (Å²) in [5.74, 6) is 0.163. The van der Waals surface area contributed by atoms with E-state index < -0.39 is 15.8 Å². The van der Waals surface area contributed by atoms with Crippen LogP contribution in [0.2, 0.25) is 10.0 Å². The number of nitrogens with one attached hydrogen (secondary N) is 1. The van der Waals surface area contributed by atoms with Gasteiger partial charge in [-0.2, -0.15) is 4.31 Å². The lowest BCUT2D eigenvalue weighted by Crippen LogP contribution is -2.27. The number of halogens is 3. The largest absolute Gasteiger partial charge is 0.365 e. The molecule has 0 fully saturated rings. The normalized spacial score (nSPS) is 11.7. The minimum absolute atomic E-state index is 0.00127. The molecule has 6 nitrogen and oxygen atoms in total. The van der Waals surface area contributed by atoms with Crippen molar-refractivity contribution in [1.82, 2.24) is 14.3 Å². The topological polar surface area (TPSA) is 75.2 Å². The molecule has 0 radical (unpaired) electrons. The molecule has 1 aromatic heterocycles. The molecular formula is C29H23Cl2FN4O2S. The van der Waals surface area contributed by atoms with E-state index in [-0.39, 0.29) is 22.0 Å². The Morgan fingerprint density at radius 3 is 2.41 bits per heavy atom. The molecule has 0 spiro atoms. The van der Waals surface area contributed by atoms with Crippen molar-refractivity contribution < 1.29 is 12.8 Å². The van der Waals surface area contributed by atoms with Crippen molar-refractivity contribution in [2.45, 2.75) is 18.0 Å². The number of rotatable bonds is 8. The first-order valence-electron chi connectivity index (χ1n) is 11.9. The number of anilines is 1. The van der Waals surface area contributed by atoms with E-state index in [4.69, 9.17) is 23.2 Å². The molecule has 39 heavy (non-hydrogen) atoms. The molecule has 0 saturated heterocycles. The molecule has 1 heterocycles. The molecular weight excluding hydrogens is 558 g/mol. The van der Waals surface area contributed by atoms with Gasteiger partial charge in [0.1, 0.15) is 22.9 Å². The van der Waals surface area contributed by atoms with E-state index in [0.717, 1.165) is 31.9 Å². The summed E-state index contributed by atoms with van der Waals surface area (Å²) >= 11 is 12.0. The summed E-state index contributed by atoms with van der Waals surface area (Å²) in [6.07, 6.45) is 1.51. The standard InChI is InChI=1S/C29H23Cl2FN4O2S/c1-36(39(37,38)28-12-9-23(30)15-25(28)31)17-22-13-20(7-10-26(22)32)21-8-11-27-24(14-21)29(35-18-34-27)33-16-19-5-3-2-4-6-19/h2-15,18H,16-17H2,1H3,(H,33,34,35). The van der Waals surface area contributed by atoms with E-state index in [9.17, 15) is 12.8 Å². The van der Waals surface area contributed by atoms with Crippen molar-refractivity contribution in [3.8, 4) is 11.1 Å². The van der Waals surface area contributed by atoms with E-state index in [1.165, 1.54) is 37.6 Å². The molecule has 5 rings (SSSR count). The van der Waals surface area contributed by atoms with Crippen LogP contribution < -0.4 is 5.32 Å². The Bertz CT molecular complexity index is 1770. The molecule has 4 aromatic carbocycles. The van der Waals surface area contributed by atoms with Gasteiger partial charge in [-0.1, -0.05) is 65.7 Å². The van der Waals surface area contributed by atoms with Crippen molar-refractivity contribution >= 4 is 49.9 Å². The van der Waals surface area contributed by atoms with Crippen LogP contribution in [0, 0.1) is 5.82 Å². The highest BCUT2D eigenvalue weighted by atomic mass is 35.5. The Morgan fingerprint density at radius 1 is 0.897 bits per heavy atom. The van der Waals surface area contributed by atoms with Gasteiger partial charge < -0.3 is 5.32 Å². The summed E-state index contributed by atoms with van der Waals surface area (Å²) in [6.45, 7) is 0.401. The number of fused-ring (bicyclic) bond motifs is 1. The van der Waals surface area contributed by atoms with Gasteiger partial charge in [0, 0.05) is 36.1 Å². The van der Waals surface area contributed by atoms with Crippen LogP contribution in [0.1, 0.15) is 11.1 Å². The van der Waals surface area contributed by atoms with Crippen LogP contribution in [0.4, 0.5) is 10.2 Å². The van der Waals surface area contributed by atoms with Crippen molar-refractivity contribution in [2.75, 3.05) is 12.4 Å². The first-order chi connectivity index (χ1) is 18.7. The average Bonchev–Trinajstić information content (AvgIpc) is 2.93. The lowest BCUT2D eigenvalue weighted by atomic mass is 10.0. The first-order valence-corrected chi connectivity index (χ1v) is 14.1. The maximum absolute atomic E-state index is 14.9. The highest BCUT2D eigenvalue weighted by Crippen LogP contribution is 2.31. The van der Waals surface area contributed by atoms with Gasteiger partial charge in [0.25, 0.3) is 0 Å². The zero-order valence-electron chi connectivity index (χ0n) is 20.8. The van der Waals surface area contributed by atoms with Gasteiger partial charge in [0.05, 0.1) is 10.5 Å². The molecule has 0 saturated carbocycles. The van der Waals surface area contributed by atoms with Gasteiger partial charge in [-0.25, -0.2) is 22.8 Å². The average molecular weight is 582 g/mol. The van der Waals surface area contributed by atoms with Crippen molar-refractivity contribution in [3.63, 3.8) is 0 Å². The molecule has 0 aliphatic rings. The molecule has 0 unspecified atom stereocenters. The maximum atomic E-state index is 14.9. The second-order valence-electron chi connectivity index (χ2n) is 8.94. The third-order valence-electron chi connectivity index (χ3n) is 6.29. The van der Waals surface area contributed by atoms with Gasteiger partial charge in [0.2, 0.25) is 10.0 Å². The van der Waals surface area contributed by atoms with Crippen LogP contribution >= 0.6 is 23.2 Å². The summed E-state index contributed by atoms with van der Waals surface area (Å²) in [7, 11) is -2.61. The van der Waals surface area contributed by atoms with Gasteiger partial charge in [0.15, 0.2) is 0 Å². The van der Waals surface area contributed by atoms with Crippen LogP contribution in [0.5, 0.6) is 0 Å². The van der Waals surface area contributed by atoms with E-state index in [1.54, 1.807) is 12.1 Å². The molecule has 0 aliphatic heterocycles. The number of hydrogen-bond donors (Lipinski definition) is 1. The number of hydrogen-bond acceptors (Lipinski definition) is 5. The fraction of sp³-hybridized carbons (Fsp3) is 0.103. The molecule has 0 aliphatic carbocycles. The maximum Gasteiger partial charge on any atom is 0.244 e. The highest BCUT2D eigenvalue weighted by Gasteiger charge is 2.25. The van der Waals surface area contributed by atoms with E-state index in [2.05, 4.69) is 15.3 Å². The van der Waals surface area contributed by atoms with Gasteiger partial charge >= 0.3 is 0 Å². The number of nitrogens with zero attached hydrogens (tertiary/aromatic N) is 3. The monoisotopic (exact) mass is 580 g/mol. The Balaban J connectivity index is 1.43. The molecule has 5 aromatic rings.